The third kappa shape index (κ3) is 5.94. The van der Waals surface area contributed by atoms with Gasteiger partial charge in [0.15, 0.2) is 0 Å². The molecule has 0 amide bonds. The molecule has 2 N–H and O–H groups in total. The molecule has 1 aliphatic rings. The monoisotopic (exact) mass is 356 g/mol. The van der Waals surface area contributed by atoms with Gasteiger partial charge in [0, 0.05) is 17.6 Å². The first-order valence-corrected chi connectivity index (χ1v) is 8.46. The summed E-state index contributed by atoms with van der Waals surface area (Å²) >= 11 is 3.38. The number of hydrogen-bond acceptors (Lipinski definition) is 4. The third-order valence-corrected chi connectivity index (χ3v) is 4.41. The van der Waals surface area contributed by atoms with E-state index in [0.29, 0.717) is 19.1 Å². The number of hydrogen-bond donors (Lipinski definition) is 2. The number of ether oxygens (including phenoxy) is 1. The highest BCUT2D eigenvalue weighted by molar-refractivity contribution is 9.10. The van der Waals surface area contributed by atoms with Crippen molar-refractivity contribution >= 4 is 15.9 Å². The van der Waals surface area contributed by atoms with Gasteiger partial charge in [-0.2, -0.15) is 0 Å². The van der Waals surface area contributed by atoms with E-state index in [-0.39, 0.29) is 0 Å². The number of aliphatic hydroxyl groups excluding tert-OH is 1. The molecule has 0 saturated carbocycles. The average Bonchev–Trinajstić information content (AvgIpc) is 2.95. The first kappa shape index (κ1) is 16.7. The molecule has 21 heavy (non-hydrogen) atoms. The zero-order valence-electron chi connectivity index (χ0n) is 12.6. The molecule has 4 nitrogen and oxygen atoms in total. The smallest absolute Gasteiger partial charge is 0.119 e. The SMILES string of the molecule is CCN1CCC(CNCC(O)COc2ccc(Br)cc2)C1. The van der Waals surface area contributed by atoms with Crippen LogP contribution in [0.2, 0.25) is 0 Å². The molecule has 0 aliphatic carbocycles. The van der Waals surface area contributed by atoms with Gasteiger partial charge < -0.3 is 20.1 Å². The minimum atomic E-state index is -0.475. The van der Waals surface area contributed by atoms with Crippen LogP contribution in [0.1, 0.15) is 13.3 Å². The first-order valence-electron chi connectivity index (χ1n) is 7.67. The van der Waals surface area contributed by atoms with Gasteiger partial charge in [0.2, 0.25) is 0 Å². The molecule has 118 valence electrons. The lowest BCUT2D eigenvalue weighted by Crippen LogP contribution is -2.35. The first-order chi connectivity index (χ1) is 10.2. The summed E-state index contributed by atoms with van der Waals surface area (Å²) in [6, 6.07) is 7.64. The number of likely N-dealkylation sites (tertiary alicyclic amines) is 1. The van der Waals surface area contributed by atoms with Gasteiger partial charge in [0.05, 0.1) is 0 Å². The van der Waals surface area contributed by atoms with Crippen molar-refractivity contribution in [3.8, 4) is 5.75 Å². The van der Waals surface area contributed by atoms with Gasteiger partial charge >= 0.3 is 0 Å². The molecule has 0 radical (unpaired) electrons. The number of rotatable bonds is 8. The fourth-order valence-corrected chi connectivity index (χ4v) is 2.87. The summed E-state index contributed by atoms with van der Waals surface area (Å²) in [5, 5.41) is 13.3. The Kier molecular flexibility index (Phi) is 6.96. The van der Waals surface area contributed by atoms with E-state index in [9.17, 15) is 5.11 Å². The van der Waals surface area contributed by atoms with Crippen molar-refractivity contribution < 1.29 is 9.84 Å². The fourth-order valence-electron chi connectivity index (χ4n) is 2.60. The Labute approximate surface area is 135 Å². The summed E-state index contributed by atoms with van der Waals surface area (Å²) in [5.41, 5.74) is 0. The standard InChI is InChI=1S/C16H25BrN2O2/c1-2-19-8-7-13(11-19)9-18-10-15(20)12-21-16-5-3-14(17)4-6-16/h3-6,13,15,18,20H,2,7-12H2,1H3. The largest absolute Gasteiger partial charge is 0.491 e. The highest BCUT2D eigenvalue weighted by Gasteiger charge is 2.20. The lowest BCUT2D eigenvalue weighted by molar-refractivity contribution is 0.105. The molecule has 1 saturated heterocycles. The summed E-state index contributed by atoms with van der Waals surface area (Å²) in [5.74, 6) is 1.50. The van der Waals surface area contributed by atoms with Crippen LogP contribution in [-0.2, 0) is 0 Å². The molecule has 0 aromatic heterocycles. The van der Waals surface area contributed by atoms with Crippen LogP contribution in [0.3, 0.4) is 0 Å². The van der Waals surface area contributed by atoms with Gasteiger partial charge in [-0.15, -0.1) is 0 Å². The van der Waals surface area contributed by atoms with Crippen molar-refractivity contribution in [2.75, 3.05) is 39.3 Å². The van der Waals surface area contributed by atoms with Crippen LogP contribution in [-0.4, -0.2) is 55.4 Å². The number of benzene rings is 1. The van der Waals surface area contributed by atoms with Crippen LogP contribution >= 0.6 is 15.9 Å². The molecular weight excluding hydrogens is 332 g/mol. The van der Waals surface area contributed by atoms with E-state index in [1.54, 1.807) is 0 Å². The maximum atomic E-state index is 9.93. The van der Waals surface area contributed by atoms with Crippen molar-refractivity contribution in [2.45, 2.75) is 19.4 Å². The van der Waals surface area contributed by atoms with E-state index in [1.165, 1.54) is 19.5 Å². The average molecular weight is 357 g/mol. The Morgan fingerprint density at radius 2 is 2.19 bits per heavy atom. The topological polar surface area (TPSA) is 44.7 Å². The van der Waals surface area contributed by atoms with Crippen molar-refractivity contribution in [1.82, 2.24) is 10.2 Å². The number of nitrogens with one attached hydrogen (secondary N) is 1. The predicted octanol–water partition coefficient (Wildman–Crippen LogP) is 2.12. The normalized spacial score (nSPS) is 20.6. The van der Waals surface area contributed by atoms with Gasteiger partial charge in [-0.3, -0.25) is 0 Å². The van der Waals surface area contributed by atoms with Crippen LogP contribution < -0.4 is 10.1 Å². The molecule has 2 unspecified atom stereocenters. The molecule has 1 heterocycles. The summed E-state index contributed by atoms with van der Waals surface area (Å²) in [6.45, 7) is 7.61. The molecule has 1 aromatic carbocycles. The highest BCUT2D eigenvalue weighted by atomic mass is 79.9. The Hall–Kier alpha value is -0.620. The molecular formula is C16H25BrN2O2. The van der Waals surface area contributed by atoms with Gasteiger partial charge in [-0.05, 0) is 56.2 Å². The number of nitrogens with zero attached hydrogens (tertiary/aromatic N) is 1. The van der Waals surface area contributed by atoms with Crippen LogP contribution in [0.25, 0.3) is 0 Å². The molecule has 1 fully saturated rings. The minimum absolute atomic E-state index is 0.320. The minimum Gasteiger partial charge on any atom is -0.491 e. The van der Waals surface area contributed by atoms with Gasteiger partial charge in [0.1, 0.15) is 18.5 Å². The van der Waals surface area contributed by atoms with E-state index in [4.69, 9.17) is 4.74 Å². The molecule has 2 rings (SSSR count). The maximum Gasteiger partial charge on any atom is 0.119 e. The van der Waals surface area contributed by atoms with Crippen LogP contribution in [0.4, 0.5) is 0 Å². The van der Waals surface area contributed by atoms with E-state index < -0.39 is 6.10 Å². The van der Waals surface area contributed by atoms with E-state index in [0.717, 1.165) is 23.3 Å². The van der Waals surface area contributed by atoms with E-state index in [1.807, 2.05) is 24.3 Å². The zero-order valence-corrected chi connectivity index (χ0v) is 14.2. The summed E-state index contributed by atoms with van der Waals surface area (Å²) in [7, 11) is 0. The van der Waals surface area contributed by atoms with Crippen molar-refractivity contribution in [3.05, 3.63) is 28.7 Å². The molecule has 1 aliphatic heterocycles. The number of halogens is 1. The van der Waals surface area contributed by atoms with Gasteiger partial charge in [-0.25, -0.2) is 0 Å². The van der Waals surface area contributed by atoms with Crippen molar-refractivity contribution in [1.29, 1.82) is 0 Å². The summed E-state index contributed by atoms with van der Waals surface area (Å²) in [6.07, 6.45) is 0.782. The molecule has 2 atom stereocenters. The Morgan fingerprint density at radius 3 is 2.86 bits per heavy atom. The van der Waals surface area contributed by atoms with E-state index >= 15 is 0 Å². The Morgan fingerprint density at radius 1 is 1.43 bits per heavy atom. The second kappa shape index (κ2) is 8.73. The van der Waals surface area contributed by atoms with Crippen molar-refractivity contribution in [3.63, 3.8) is 0 Å². The molecule has 1 aromatic rings. The number of aliphatic hydroxyl groups is 1. The van der Waals surface area contributed by atoms with Crippen LogP contribution in [0, 0.1) is 5.92 Å². The quantitative estimate of drug-likeness (QED) is 0.748. The Bertz CT molecular complexity index is 413. The zero-order chi connectivity index (χ0) is 15.1. The molecule has 0 bridgehead atoms. The second-order valence-electron chi connectivity index (χ2n) is 5.62. The lowest BCUT2D eigenvalue weighted by atomic mass is 10.1. The van der Waals surface area contributed by atoms with Gasteiger partial charge in [-0.1, -0.05) is 22.9 Å². The van der Waals surface area contributed by atoms with Crippen molar-refractivity contribution in [2.24, 2.45) is 5.92 Å². The Balaban J connectivity index is 1.57. The van der Waals surface area contributed by atoms with Crippen LogP contribution in [0.15, 0.2) is 28.7 Å². The second-order valence-corrected chi connectivity index (χ2v) is 6.54. The predicted molar refractivity (Wildman–Crippen MR) is 88.7 cm³/mol. The fraction of sp³-hybridized carbons (Fsp3) is 0.625. The lowest BCUT2D eigenvalue weighted by Gasteiger charge is -2.16. The summed E-state index contributed by atoms with van der Waals surface area (Å²) in [4.78, 5) is 2.47. The van der Waals surface area contributed by atoms with Gasteiger partial charge in [0.25, 0.3) is 0 Å². The molecule has 0 spiro atoms. The summed E-state index contributed by atoms with van der Waals surface area (Å²) < 4.78 is 6.58. The third-order valence-electron chi connectivity index (χ3n) is 3.89. The molecule has 5 heteroatoms. The highest BCUT2D eigenvalue weighted by Crippen LogP contribution is 2.16. The van der Waals surface area contributed by atoms with E-state index in [2.05, 4.69) is 33.1 Å². The van der Waals surface area contributed by atoms with Crippen LogP contribution in [0.5, 0.6) is 5.75 Å². The maximum absolute atomic E-state index is 9.93.